The number of carbonyl (C=O) groups is 3. The van der Waals surface area contributed by atoms with Crippen LogP contribution in [0.25, 0.3) is 0 Å². The summed E-state index contributed by atoms with van der Waals surface area (Å²) in [7, 11) is 0. The number of alkyl halides is 2. The van der Waals surface area contributed by atoms with E-state index in [2.05, 4.69) is 26.0 Å². The topological polar surface area (TPSA) is 79.0 Å². The van der Waals surface area contributed by atoms with Crippen molar-refractivity contribution in [2.45, 2.75) is 25.5 Å². The smallest absolute Gasteiger partial charge is 0.387 e. The number of rotatable bonds is 6. The minimum absolute atomic E-state index is 0.0148. The molecule has 3 rings (SSSR count). The number of ether oxygens (including phenoxy) is 1. The van der Waals surface area contributed by atoms with E-state index in [0.29, 0.717) is 10.0 Å². The lowest BCUT2D eigenvalue weighted by Gasteiger charge is -2.42. The normalized spacial score (nSPS) is 17.5. The Balaban J connectivity index is 1.53. The monoisotopic (exact) mass is 431 g/mol. The zero-order valence-corrected chi connectivity index (χ0v) is 15.2. The summed E-state index contributed by atoms with van der Waals surface area (Å²) in [5.41, 5.74) is 0.499. The molecule has 4 amide bonds. The Kier molecular flexibility index (Phi) is 5.40. The van der Waals surface area contributed by atoms with Gasteiger partial charge in [-0.05, 0) is 30.2 Å². The number of carbonyl (C=O) groups excluding carboxylic acids is 3. The maximum atomic E-state index is 12.5. The Labute approximate surface area is 156 Å². The molecule has 2 aliphatic heterocycles. The third-order valence-electron chi connectivity index (χ3n) is 4.31. The first-order valence-electron chi connectivity index (χ1n) is 7.96. The fourth-order valence-corrected chi connectivity index (χ4v) is 3.39. The maximum absolute atomic E-state index is 12.5. The Bertz CT molecular complexity index is 724. The van der Waals surface area contributed by atoms with Crippen molar-refractivity contribution in [1.82, 2.24) is 15.1 Å². The molecule has 1 N–H and O–H groups in total. The Morgan fingerprint density at radius 3 is 2.69 bits per heavy atom. The van der Waals surface area contributed by atoms with E-state index in [4.69, 9.17) is 0 Å². The van der Waals surface area contributed by atoms with Crippen LogP contribution < -0.4 is 10.1 Å². The van der Waals surface area contributed by atoms with Gasteiger partial charge in [0.2, 0.25) is 11.8 Å². The van der Waals surface area contributed by atoms with Crippen molar-refractivity contribution in [3.63, 3.8) is 0 Å². The number of likely N-dealkylation sites (tertiary alicyclic amines) is 1. The van der Waals surface area contributed by atoms with Gasteiger partial charge in [-0.1, -0.05) is 15.9 Å². The molecule has 0 unspecified atom stereocenters. The lowest BCUT2D eigenvalue weighted by Crippen LogP contribution is -2.62. The fraction of sp³-hybridized carbons (Fsp3) is 0.438. The molecule has 0 aliphatic carbocycles. The first-order valence-corrected chi connectivity index (χ1v) is 8.75. The van der Waals surface area contributed by atoms with Crippen LogP contribution in [0.5, 0.6) is 5.75 Å². The molecule has 0 atom stereocenters. The molecular formula is C16H16BrF2N3O4. The number of benzene rings is 1. The van der Waals surface area contributed by atoms with Crippen LogP contribution in [0.2, 0.25) is 0 Å². The second kappa shape index (κ2) is 7.56. The number of hydrogen-bond acceptors (Lipinski definition) is 4. The van der Waals surface area contributed by atoms with E-state index in [-0.39, 0.29) is 56.1 Å². The van der Waals surface area contributed by atoms with Gasteiger partial charge in [-0.3, -0.25) is 14.5 Å². The van der Waals surface area contributed by atoms with Gasteiger partial charge in [-0.15, -0.1) is 0 Å². The number of nitrogens with one attached hydrogen (secondary N) is 1. The number of aryl methyl sites for hydroxylation is 1. The molecule has 0 bridgehead atoms. The highest BCUT2D eigenvalue weighted by atomic mass is 79.9. The van der Waals surface area contributed by atoms with Crippen LogP contribution in [0.3, 0.4) is 0 Å². The fourth-order valence-electron chi connectivity index (χ4n) is 2.98. The van der Waals surface area contributed by atoms with Crippen LogP contribution in [0.1, 0.15) is 12.0 Å². The van der Waals surface area contributed by atoms with E-state index in [1.54, 1.807) is 12.1 Å². The average Bonchev–Trinajstić information content (AvgIpc) is 2.85. The predicted octanol–water partition coefficient (Wildman–Crippen LogP) is 1.75. The number of urea groups is 1. The predicted molar refractivity (Wildman–Crippen MR) is 89.7 cm³/mol. The van der Waals surface area contributed by atoms with Crippen molar-refractivity contribution >= 4 is 33.8 Å². The summed E-state index contributed by atoms with van der Waals surface area (Å²) in [6, 6.07) is 3.90. The van der Waals surface area contributed by atoms with Gasteiger partial charge in [0, 0.05) is 24.0 Å². The maximum Gasteiger partial charge on any atom is 0.387 e. The molecule has 2 fully saturated rings. The van der Waals surface area contributed by atoms with Gasteiger partial charge in [-0.25, -0.2) is 4.79 Å². The van der Waals surface area contributed by atoms with Crippen molar-refractivity contribution in [3.8, 4) is 5.75 Å². The first kappa shape index (κ1) is 18.6. The third kappa shape index (κ3) is 3.95. The molecule has 2 heterocycles. The molecular weight excluding hydrogens is 416 g/mol. The largest absolute Gasteiger partial charge is 0.435 e. The Hall–Kier alpha value is -2.23. The number of halogens is 3. The SMILES string of the molecule is O=C(CCc1cc(Br)ccc1OC(F)F)N1CC(N2C(=O)CNC2=O)C1. The molecule has 2 saturated heterocycles. The number of amides is 4. The van der Waals surface area contributed by atoms with Crippen molar-refractivity contribution in [1.29, 1.82) is 0 Å². The van der Waals surface area contributed by atoms with E-state index in [9.17, 15) is 23.2 Å². The van der Waals surface area contributed by atoms with E-state index in [1.807, 2.05) is 0 Å². The lowest BCUT2D eigenvalue weighted by molar-refractivity contribution is -0.142. The second-order valence-electron chi connectivity index (χ2n) is 6.01. The highest BCUT2D eigenvalue weighted by molar-refractivity contribution is 9.10. The Morgan fingerprint density at radius 2 is 2.08 bits per heavy atom. The summed E-state index contributed by atoms with van der Waals surface area (Å²) in [6.07, 6.45) is 0.355. The molecule has 0 spiro atoms. The van der Waals surface area contributed by atoms with Crippen LogP contribution in [0.4, 0.5) is 13.6 Å². The van der Waals surface area contributed by atoms with E-state index < -0.39 is 12.6 Å². The van der Waals surface area contributed by atoms with Gasteiger partial charge >= 0.3 is 12.6 Å². The molecule has 1 aromatic carbocycles. The first-order chi connectivity index (χ1) is 12.3. The molecule has 10 heteroatoms. The Morgan fingerprint density at radius 1 is 1.35 bits per heavy atom. The van der Waals surface area contributed by atoms with Crippen LogP contribution >= 0.6 is 15.9 Å². The molecule has 1 aromatic rings. The molecule has 0 aromatic heterocycles. The molecule has 26 heavy (non-hydrogen) atoms. The van der Waals surface area contributed by atoms with Crippen LogP contribution in [0.15, 0.2) is 22.7 Å². The van der Waals surface area contributed by atoms with Crippen molar-refractivity contribution in [2.24, 2.45) is 0 Å². The van der Waals surface area contributed by atoms with Gasteiger partial charge in [0.05, 0.1) is 12.6 Å². The standard InChI is InChI=1S/C16H16BrF2N3O4/c17-10-2-3-12(26-15(18)19)9(5-10)1-4-13(23)21-7-11(8-21)22-14(24)6-20-16(22)25/h2-3,5,11,15H,1,4,6-8H2,(H,20,25). The summed E-state index contributed by atoms with van der Waals surface area (Å²) in [5, 5.41) is 2.44. The molecule has 2 aliphatic rings. The highest BCUT2D eigenvalue weighted by Gasteiger charge is 2.42. The molecule has 140 valence electrons. The lowest BCUT2D eigenvalue weighted by atomic mass is 10.0. The number of imide groups is 1. The zero-order chi connectivity index (χ0) is 18.8. The van der Waals surface area contributed by atoms with Gasteiger partial charge in [-0.2, -0.15) is 8.78 Å². The molecule has 0 saturated carbocycles. The minimum atomic E-state index is -2.94. The second-order valence-corrected chi connectivity index (χ2v) is 6.92. The van der Waals surface area contributed by atoms with Gasteiger partial charge in [0.25, 0.3) is 0 Å². The van der Waals surface area contributed by atoms with Crippen LogP contribution in [-0.4, -0.2) is 59.9 Å². The van der Waals surface area contributed by atoms with Crippen molar-refractivity contribution < 1.29 is 27.9 Å². The summed E-state index contributed by atoms with van der Waals surface area (Å²) >= 11 is 3.27. The van der Waals surface area contributed by atoms with Gasteiger partial charge in [0.1, 0.15) is 5.75 Å². The third-order valence-corrected chi connectivity index (χ3v) is 4.80. The van der Waals surface area contributed by atoms with Crippen LogP contribution in [0, 0.1) is 0 Å². The summed E-state index contributed by atoms with van der Waals surface area (Å²) in [6.45, 7) is -2.38. The van der Waals surface area contributed by atoms with Gasteiger partial charge in [0.15, 0.2) is 0 Å². The average molecular weight is 432 g/mol. The quantitative estimate of drug-likeness (QED) is 0.695. The van der Waals surface area contributed by atoms with E-state index in [1.165, 1.54) is 11.0 Å². The molecule has 0 radical (unpaired) electrons. The minimum Gasteiger partial charge on any atom is -0.435 e. The zero-order valence-electron chi connectivity index (χ0n) is 13.6. The van der Waals surface area contributed by atoms with Crippen molar-refractivity contribution in [2.75, 3.05) is 19.6 Å². The number of nitrogens with zero attached hydrogens (tertiary/aromatic N) is 2. The molecule has 7 nitrogen and oxygen atoms in total. The van der Waals surface area contributed by atoms with Crippen molar-refractivity contribution in [3.05, 3.63) is 28.2 Å². The summed E-state index contributed by atoms with van der Waals surface area (Å²) in [5.74, 6) is -0.428. The summed E-state index contributed by atoms with van der Waals surface area (Å²) < 4.78 is 30.1. The summed E-state index contributed by atoms with van der Waals surface area (Å²) in [4.78, 5) is 38.1. The van der Waals surface area contributed by atoms with E-state index in [0.717, 1.165) is 4.90 Å². The van der Waals surface area contributed by atoms with E-state index >= 15 is 0 Å². The van der Waals surface area contributed by atoms with Crippen LogP contribution in [-0.2, 0) is 16.0 Å². The number of hydrogen-bond donors (Lipinski definition) is 1. The highest BCUT2D eigenvalue weighted by Crippen LogP contribution is 2.27. The van der Waals surface area contributed by atoms with Gasteiger partial charge < -0.3 is 15.0 Å².